The van der Waals surface area contributed by atoms with Gasteiger partial charge < -0.3 is 22.5 Å². The van der Waals surface area contributed by atoms with Gasteiger partial charge in [0.2, 0.25) is 0 Å². The second-order valence-corrected chi connectivity index (χ2v) is 10.2. The van der Waals surface area contributed by atoms with Gasteiger partial charge in [-0.1, -0.05) is 34.6 Å². The summed E-state index contributed by atoms with van der Waals surface area (Å²) in [6.07, 6.45) is 12.8. The standard InChI is InChI=1S/C13H26NO.C12H24NO.2Y/c1-7-12(4)10-9-11(3)13(5,8-2)14(12)15-6;1-6-12(7-2)10-8-9-11(3,4)13(12)14-5;;/h9,11H,7-8,10H2,1-6H3;8H,6-7,9-10H2,1-5H3;;/q2*-1;;. The zero-order valence-corrected chi connectivity index (χ0v) is 28.2. The van der Waals surface area contributed by atoms with Crippen molar-refractivity contribution in [3.63, 3.8) is 0 Å². The molecule has 2 radical (unpaired) electrons. The third kappa shape index (κ3) is 7.52. The summed E-state index contributed by atoms with van der Waals surface area (Å²) in [6.45, 7) is 20.4. The van der Waals surface area contributed by atoms with Crippen LogP contribution < -0.4 is 0 Å². The van der Waals surface area contributed by atoms with Crippen LogP contribution in [0.2, 0.25) is 0 Å². The maximum Gasteiger partial charge on any atom is 0.0575 e. The van der Waals surface area contributed by atoms with Gasteiger partial charge in [-0.2, -0.15) is 29.4 Å². The van der Waals surface area contributed by atoms with Crippen LogP contribution in [-0.4, -0.2) is 46.5 Å². The van der Waals surface area contributed by atoms with E-state index in [9.17, 15) is 0 Å². The minimum Gasteiger partial charge on any atom is -0.325 e. The molecule has 0 amide bonds. The van der Waals surface area contributed by atoms with Crippen LogP contribution in [0, 0.1) is 18.8 Å². The smallest absolute Gasteiger partial charge is 0.0575 e. The first-order chi connectivity index (χ1) is 13.5. The SMILES string of the molecule is CCC1(C)C[CH-]C(C)C(C)(CC)N1OC.CCC1(CC)C[CH-]CC(C)(C)N1OC.[Y].[Y]. The Labute approximate surface area is 245 Å². The fourth-order valence-corrected chi connectivity index (χ4v) is 5.52. The summed E-state index contributed by atoms with van der Waals surface area (Å²) in [5, 5.41) is 4.46. The van der Waals surface area contributed by atoms with E-state index < -0.39 is 0 Å². The Morgan fingerprint density at radius 2 is 1.29 bits per heavy atom. The molecule has 2 fully saturated rings. The van der Waals surface area contributed by atoms with Crippen LogP contribution in [0.1, 0.15) is 107 Å². The average Bonchev–Trinajstić information content (AvgIpc) is 2.70. The van der Waals surface area contributed by atoms with E-state index in [0.717, 1.165) is 44.9 Å². The predicted octanol–water partition coefficient (Wildman–Crippen LogP) is 6.61. The van der Waals surface area contributed by atoms with Crippen LogP contribution in [-0.2, 0) is 75.1 Å². The molecule has 0 aromatic rings. The van der Waals surface area contributed by atoms with E-state index in [1.165, 1.54) is 0 Å². The number of rotatable bonds is 6. The fourth-order valence-electron chi connectivity index (χ4n) is 5.52. The third-order valence-corrected chi connectivity index (χ3v) is 8.15. The zero-order valence-electron chi connectivity index (χ0n) is 22.5. The van der Waals surface area contributed by atoms with Crippen molar-refractivity contribution in [2.45, 2.75) is 129 Å². The summed E-state index contributed by atoms with van der Waals surface area (Å²) in [7, 11) is 3.60. The predicted molar refractivity (Wildman–Crippen MR) is 124 cm³/mol. The molecule has 180 valence electrons. The molecule has 2 heterocycles. The first kappa shape index (κ1) is 35.2. The Kier molecular flexibility index (Phi) is 16.5. The number of hydrogen-bond donors (Lipinski definition) is 0. The van der Waals surface area contributed by atoms with Gasteiger partial charge in [-0.15, -0.1) is 5.92 Å². The van der Waals surface area contributed by atoms with Crippen molar-refractivity contribution in [2.24, 2.45) is 5.92 Å². The molecule has 0 aromatic heterocycles. The van der Waals surface area contributed by atoms with Crippen molar-refractivity contribution in [3.05, 3.63) is 12.8 Å². The molecule has 0 bridgehead atoms. The molecule has 31 heavy (non-hydrogen) atoms. The Morgan fingerprint density at radius 1 is 0.774 bits per heavy atom. The van der Waals surface area contributed by atoms with E-state index >= 15 is 0 Å². The van der Waals surface area contributed by atoms with Crippen molar-refractivity contribution >= 4 is 0 Å². The molecule has 0 spiro atoms. The minimum absolute atomic E-state index is 0. The second-order valence-electron chi connectivity index (χ2n) is 10.2. The maximum absolute atomic E-state index is 5.69. The molecular weight excluding hydrogens is 538 g/mol. The molecule has 2 saturated heterocycles. The number of piperidine rings is 2. The summed E-state index contributed by atoms with van der Waals surface area (Å²) in [4.78, 5) is 11.3. The van der Waals surface area contributed by atoms with E-state index in [4.69, 9.17) is 9.68 Å². The topological polar surface area (TPSA) is 24.9 Å². The van der Waals surface area contributed by atoms with E-state index in [-0.39, 0.29) is 87.6 Å². The van der Waals surface area contributed by atoms with E-state index in [0.29, 0.717) is 5.92 Å². The molecule has 6 heteroatoms. The number of hydroxylamine groups is 4. The van der Waals surface area contributed by atoms with Gasteiger partial charge in [0.1, 0.15) is 0 Å². The van der Waals surface area contributed by atoms with Gasteiger partial charge in [0.05, 0.1) is 14.2 Å². The van der Waals surface area contributed by atoms with Gasteiger partial charge in [0.15, 0.2) is 0 Å². The average molecular weight is 588 g/mol. The normalized spacial score (nSPS) is 32.8. The van der Waals surface area contributed by atoms with Gasteiger partial charge >= 0.3 is 0 Å². The molecule has 0 aromatic carbocycles. The first-order valence-electron chi connectivity index (χ1n) is 11.8. The fraction of sp³-hybridized carbons (Fsp3) is 0.920. The minimum atomic E-state index is 0. The maximum atomic E-state index is 5.69. The molecule has 3 atom stereocenters. The van der Waals surface area contributed by atoms with E-state index in [1.807, 2.05) is 0 Å². The molecule has 3 unspecified atom stereocenters. The number of nitrogens with zero attached hydrogens (tertiary/aromatic N) is 2. The van der Waals surface area contributed by atoms with Crippen molar-refractivity contribution in [1.82, 2.24) is 10.1 Å². The van der Waals surface area contributed by atoms with Gasteiger partial charge in [-0.3, -0.25) is 0 Å². The molecular formula is C25H50N2O2Y2-2. The Hall–Kier alpha value is 2.05. The van der Waals surface area contributed by atoms with Gasteiger partial charge in [-0.05, 0) is 53.4 Å². The molecule has 0 saturated carbocycles. The molecule has 2 rings (SSSR count). The summed E-state index contributed by atoms with van der Waals surface area (Å²) >= 11 is 0. The summed E-state index contributed by atoms with van der Waals surface area (Å²) < 4.78 is 0. The van der Waals surface area contributed by atoms with Crippen molar-refractivity contribution in [3.8, 4) is 0 Å². The van der Waals surface area contributed by atoms with Crippen LogP contribution in [0.5, 0.6) is 0 Å². The van der Waals surface area contributed by atoms with Crippen molar-refractivity contribution in [1.29, 1.82) is 0 Å². The van der Waals surface area contributed by atoms with E-state index in [2.05, 4.69) is 85.3 Å². The number of hydrogen-bond acceptors (Lipinski definition) is 4. The van der Waals surface area contributed by atoms with E-state index in [1.54, 1.807) is 14.2 Å². The van der Waals surface area contributed by atoms with Crippen LogP contribution in [0.15, 0.2) is 0 Å². The summed E-state index contributed by atoms with van der Waals surface area (Å²) in [6, 6.07) is 0. The van der Waals surface area contributed by atoms with Crippen molar-refractivity contribution < 1.29 is 75.1 Å². The summed E-state index contributed by atoms with van der Waals surface area (Å²) in [5.74, 6) is 0.585. The monoisotopic (exact) mass is 588 g/mol. The molecule has 4 nitrogen and oxygen atoms in total. The molecule has 2 aliphatic heterocycles. The van der Waals surface area contributed by atoms with Crippen molar-refractivity contribution in [2.75, 3.05) is 14.2 Å². The van der Waals surface area contributed by atoms with Crippen LogP contribution >= 0.6 is 0 Å². The molecule has 2 aliphatic rings. The Bertz CT molecular complexity index is 502. The van der Waals surface area contributed by atoms with Crippen LogP contribution in [0.3, 0.4) is 0 Å². The first-order valence-corrected chi connectivity index (χ1v) is 11.8. The third-order valence-electron chi connectivity index (χ3n) is 8.15. The molecule has 0 aliphatic carbocycles. The van der Waals surface area contributed by atoms with Crippen LogP contribution in [0.25, 0.3) is 0 Å². The van der Waals surface area contributed by atoms with Gasteiger partial charge in [0, 0.05) is 87.6 Å². The quantitative estimate of drug-likeness (QED) is 0.326. The second kappa shape index (κ2) is 14.6. The summed E-state index contributed by atoms with van der Waals surface area (Å²) in [5.41, 5.74) is 0.652. The van der Waals surface area contributed by atoms with Crippen LogP contribution in [0.4, 0.5) is 0 Å². The molecule has 0 N–H and O–H groups in total. The largest absolute Gasteiger partial charge is 0.325 e. The Morgan fingerprint density at radius 3 is 1.65 bits per heavy atom. The zero-order chi connectivity index (χ0) is 22.5. The van der Waals surface area contributed by atoms with Gasteiger partial charge in [0.25, 0.3) is 0 Å². The Balaban J connectivity index is 0. The van der Waals surface area contributed by atoms with Gasteiger partial charge in [-0.25, -0.2) is 0 Å².